The molecule has 0 fully saturated rings. The van der Waals surface area contributed by atoms with Crippen LogP contribution in [-0.4, -0.2) is 38.5 Å². The third-order valence-corrected chi connectivity index (χ3v) is 4.41. The molecule has 108 valence electrons. The molecule has 0 heterocycles. The van der Waals surface area contributed by atoms with Crippen LogP contribution in [0, 0.1) is 13.8 Å². The Labute approximate surface area is 115 Å². The van der Waals surface area contributed by atoms with Crippen LogP contribution >= 0.6 is 0 Å². The summed E-state index contributed by atoms with van der Waals surface area (Å²) in [6.07, 6.45) is -0.851. The summed E-state index contributed by atoms with van der Waals surface area (Å²) in [6, 6.07) is 5.76. The summed E-state index contributed by atoms with van der Waals surface area (Å²) in [5, 5.41) is 12.6. The Bertz CT molecular complexity index is 491. The molecule has 4 nitrogen and oxygen atoms in total. The molecule has 1 atom stereocenters. The van der Waals surface area contributed by atoms with Gasteiger partial charge in [0.15, 0.2) is 9.84 Å². The Balaban J connectivity index is 2.68. The summed E-state index contributed by atoms with van der Waals surface area (Å²) >= 11 is 0. The van der Waals surface area contributed by atoms with Gasteiger partial charge in [0.05, 0.1) is 17.6 Å². The molecular formula is C14H23NO3S. The van der Waals surface area contributed by atoms with Crippen LogP contribution < -0.4 is 5.32 Å². The standard InChI is InChI=1S/C14H23NO3S/c1-4-15-8-14(16)10-19(17,18)9-13-6-11(2)5-12(3)7-13/h5-7,14-16H,4,8-10H2,1-3H3. The maximum Gasteiger partial charge on any atom is 0.157 e. The first-order valence-corrected chi connectivity index (χ1v) is 8.31. The average molecular weight is 285 g/mol. The highest BCUT2D eigenvalue weighted by molar-refractivity contribution is 7.90. The summed E-state index contributed by atoms with van der Waals surface area (Å²) in [5.41, 5.74) is 2.89. The van der Waals surface area contributed by atoms with Gasteiger partial charge in [-0.3, -0.25) is 0 Å². The highest BCUT2D eigenvalue weighted by Crippen LogP contribution is 2.13. The highest BCUT2D eigenvalue weighted by atomic mass is 32.2. The van der Waals surface area contributed by atoms with Crippen LogP contribution in [0.2, 0.25) is 0 Å². The Morgan fingerprint density at radius 2 is 1.79 bits per heavy atom. The van der Waals surface area contributed by atoms with Gasteiger partial charge in [0.1, 0.15) is 0 Å². The lowest BCUT2D eigenvalue weighted by molar-refractivity contribution is 0.194. The van der Waals surface area contributed by atoms with Gasteiger partial charge in [-0.15, -0.1) is 0 Å². The molecule has 2 N–H and O–H groups in total. The number of aryl methyl sites for hydroxylation is 2. The molecule has 1 rings (SSSR count). The van der Waals surface area contributed by atoms with Crippen molar-refractivity contribution in [3.05, 3.63) is 34.9 Å². The van der Waals surface area contributed by atoms with Crippen LogP contribution in [0.5, 0.6) is 0 Å². The van der Waals surface area contributed by atoms with Gasteiger partial charge >= 0.3 is 0 Å². The van der Waals surface area contributed by atoms with Gasteiger partial charge in [0, 0.05) is 6.54 Å². The van der Waals surface area contributed by atoms with Gasteiger partial charge in [-0.05, 0) is 26.0 Å². The lowest BCUT2D eigenvalue weighted by Crippen LogP contribution is -2.32. The lowest BCUT2D eigenvalue weighted by Gasteiger charge is -2.12. The number of nitrogens with one attached hydrogen (secondary N) is 1. The van der Waals surface area contributed by atoms with E-state index in [4.69, 9.17) is 0 Å². The van der Waals surface area contributed by atoms with Crippen LogP contribution in [0.15, 0.2) is 18.2 Å². The predicted octanol–water partition coefficient (Wildman–Crippen LogP) is 1.19. The molecule has 0 bridgehead atoms. The highest BCUT2D eigenvalue weighted by Gasteiger charge is 2.18. The second-order valence-corrected chi connectivity index (χ2v) is 7.12. The normalized spacial score (nSPS) is 13.5. The molecule has 0 spiro atoms. The van der Waals surface area contributed by atoms with Gasteiger partial charge in [0.2, 0.25) is 0 Å². The van der Waals surface area contributed by atoms with Crippen LogP contribution in [0.3, 0.4) is 0 Å². The third-order valence-electron chi connectivity index (χ3n) is 2.74. The number of sulfone groups is 1. The summed E-state index contributed by atoms with van der Waals surface area (Å²) in [4.78, 5) is 0. The molecule has 0 aliphatic carbocycles. The number of rotatable bonds is 7. The molecule has 19 heavy (non-hydrogen) atoms. The molecular weight excluding hydrogens is 262 g/mol. The number of hydrogen-bond donors (Lipinski definition) is 2. The minimum atomic E-state index is -3.29. The van der Waals surface area contributed by atoms with Gasteiger partial charge in [0.25, 0.3) is 0 Å². The zero-order valence-corrected chi connectivity index (χ0v) is 12.6. The summed E-state index contributed by atoms with van der Waals surface area (Å²) in [6.45, 7) is 6.83. The van der Waals surface area contributed by atoms with Crippen molar-refractivity contribution < 1.29 is 13.5 Å². The number of likely N-dealkylation sites (N-methyl/N-ethyl adjacent to an activating group) is 1. The van der Waals surface area contributed by atoms with E-state index < -0.39 is 15.9 Å². The zero-order valence-electron chi connectivity index (χ0n) is 11.8. The van der Waals surface area contributed by atoms with E-state index >= 15 is 0 Å². The van der Waals surface area contributed by atoms with E-state index in [0.29, 0.717) is 13.1 Å². The molecule has 0 aliphatic heterocycles. The van der Waals surface area contributed by atoms with Crippen molar-refractivity contribution in [2.75, 3.05) is 18.8 Å². The lowest BCUT2D eigenvalue weighted by atomic mass is 10.1. The predicted molar refractivity (Wildman–Crippen MR) is 78.0 cm³/mol. The van der Waals surface area contributed by atoms with E-state index in [0.717, 1.165) is 16.7 Å². The number of aliphatic hydroxyl groups excluding tert-OH is 1. The first-order chi connectivity index (χ1) is 8.82. The third kappa shape index (κ3) is 6.18. The molecule has 0 amide bonds. The van der Waals surface area contributed by atoms with E-state index in [-0.39, 0.29) is 11.5 Å². The first-order valence-electron chi connectivity index (χ1n) is 6.49. The van der Waals surface area contributed by atoms with E-state index in [1.54, 1.807) is 0 Å². The fourth-order valence-corrected chi connectivity index (χ4v) is 3.62. The fraction of sp³-hybridized carbons (Fsp3) is 0.571. The van der Waals surface area contributed by atoms with Gasteiger partial charge in [-0.2, -0.15) is 0 Å². The van der Waals surface area contributed by atoms with Crippen molar-refractivity contribution in [2.24, 2.45) is 0 Å². The van der Waals surface area contributed by atoms with E-state index in [1.165, 1.54) is 0 Å². The second-order valence-electron chi connectivity index (χ2n) is 5.01. The molecule has 0 saturated carbocycles. The van der Waals surface area contributed by atoms with Crippen molar-refractivity contribution in [1.29, 1.82) is 0 Å². The first kappa shape index (κ1) is 16.1. The molecule has 1 aromatic carbocycles. The quantitative estimate of drug-likeness (QED) is 0.790. The maximum atomic E-state index is 12.0. The van der Waals surface area contributed by atoms with Crippen molar-refractivity contribution in [3.8, 4) is 0 Å². The van der Waals surface area contributed by atoms with Crippen LogP contribution in [0.4, 0.5) is 0 Å². The number of benzene rings is 1. The Morgan fingerprint density at radius 3 is 2.32 bits per heavy atom. The van der Waals surface area contributed by atoms with Crippen molar-refractivity contribution >= 4 is 9.84 Å². The van der Waals surface area contributed by atoms with Crippen molar-refractivity contribution in [3.63, 3.8) is 0 Å². The molecule has 1 unspecified atom stereocenters. The van der Waals surface area contributed by atoms with Crippen LogP contribution in [0.25, 0.3) is 0 Å². The monoisotopic (exact) mass is 285 g/mol. The number of aliphatic hydroxyl groups is 1. The smallest absolute Gasteiger partial charge is 0.157 e. The Hall–Kier alpha value is -0.910. The van der Waals surface area contributed by atoms with Gasteiger partial charge in [-0.25, -0.2) is 8.42 Å². The van der Waals surface area contributed by atoms with Crippen molar-refractivity contribution in [1.82, 2.24) is 5.32 Å². The molecule has 0 saturated heterocycles. The van der Waals surface area contributed by atoms with E-state index in [9.17, 15) is 13.5 Å². The molecule has 0 radical (unpaired) electrons. The summed E-state index contributed by atoms with van der Waals surface area (Å²) < 4.78 is 24.0. The molecule has 0 aromatic heterocycles. The Morgan fingerprint density at radius 1 is 1.21 bits per heavy atom. The Kier molecular flexibility index (Phi) is 5.97. The van der Waals surface area contributed by atoms with E-state index in [1.807, 2.05) is 39.0 Å². The molecule has 1 aromatic rings. The van der Waals surface area contributed by atoms with Gasteiger partial charge < -0.3 is 10.4 Å². The SMILES string of the molecule is CCNCC(O)CS(=O)(=O)Cc1cc(C)cc(C)c1. The van der Waals surface area contributed by atoms with Crippen LogP contribution in [-0.2, 0) is 15.6 Å². The minimum Gasteiger partial charge on any atom is -0.391 e. The largest absolute Gasteiger partial charge is 0.391 e. The van der Waals surface area contributed by atoms with Crippen LogP contribution in [0.1, 0.15) is 23.6 Å². The van der Waals surface area contributed by atoms with Gasteiger partial charge in [-0.1, -0.05) is 36.2 Å². The topological polar surface area (TPSA) is 66.4 Å². The van der Waals surface area contributed by atoms with Crippen molar-refractivity contribution in [2.45, 2.75) is 32.6 Å². The average Bonchev–Trinajstić information content (AvgIpc) is 2.23. The minimum absolute atomic E-state index is 0.0152. The fourth-order valence-electron chi connectivity index (χ4n) is 2.13. The molecule has 5 heteroatoms. The zero-order chi connectivity index (χ0) is 14.5. The molecule has 0 aliphatic rings. The second kappa shape index (κ2) is 7.03. The number of hydrogen-bond acceptors (Lipinski definition) is 4. The maximum absolute atomic E-state index is 12.0. The summed E-state index contributed by atoms with van der Waals surface area (Å²) in [7, 11) is -3.29. The summed E-state index contributed by atoms with van der Waals surface area (Å²) in [5.74, 6) is -0.217. The van der Waals surface area contributed by atoms with E-state index in [2.05, 4.69) is 5.32 Å².